The Labute approximate surface area is 104 Å². The number of rotatable bonds is 4. The molecule has 0 spiro atoms. The predicted molar refractivity (Wildman–Crippen MR) is 69.8 cm³/mol. The lowest BCUT2D eigenvalue weighted by Crippen LogP contribution is -2.56. The molecule has 1 saturated carbocycles. The van der Waals surface area contributed by atoms with Crippen molar-refractivity contribution in [3.63, 3.8) is 0 Å². The maximum atomic E-state index is 6.47. The van der Waals surface area contributed by atoms with Crippen LogP contribution in [-0.2, 0) is 13.5 Å². The first-order valence-electron chi connectivity index (χ1n) is 6.46. The fourth-order valence-corrected chi connectivity index (χ4v) is 3.12. The summed E-state index contributed by atoms with van der Waals surface area (Å²) in [5.74, 6) is 0. The molecule has 96 valence electrons. The molecule has 1 aromatic rings. The molecule has 0 amide bonds. The summed E-state index contributed by atoms with van der Waals surface area (Å²) in [6.07, 6.45) is 7.89. The molecule has 1 unspecified atom stereocenters. The maximum absolute atomic E-state index is 6.47. The zero-order chi connectivity index (χ0) is 12.5. The van der Waals surface area contributed by atoms with E-state index >= 15 is 0 Å². The van der Waals surface area contributed by atoms with E-state index in [9.17, 15) is 0 Å². The molecule has 1 aliphatic rings. The van der Waals surface area contributed by atoms with Gasteiger partial charge in [0.25, 0.3) is 0 Å². The molecule has 4 nitrogen and oxygen atoms in total. The van der Waals surface area contributed by atoms with Crippen LogP contribution in [-0.4, -0.2) is 40.4 Å². The van der Waals surface area contributed by atoms with Gasteiger partial charge in [-0.3, -0.25) is 4.68 Å². The van der Waals surface area contributed by atoms with Crippen LogP contribution in [0.2, 0.25) is 0 Å². The van der Waals surface area contributed by atoms with E-state index in [4.69, 9.17) is 5.73 Å². The molecular formula is C13H24N4. The normalized spacial score (nSPS) is 21.0. The molecular weight excluding hydrogens is 212 g/mol. The van der Waals surface area contributed by atoms with Crippen LogP contribution >= 0.6 is 0 Å². The van der Waals surface area contributed by atoms with Crippen LogP contribution in [0, 0.1) is 0 Å². The minimum absolute atomic E-state index is 0.176. The second kappa shape index (κ2) is 4.78. The molecule has 0 aliphatic heterocycles. The van der Waals surface area contributed by atoms with E-state index < -0.39 is 0 Å². The molecule has 1 heterocycles. The van der Waals surface area contributed by atoms with Crippen LogP contribution in [0.3, 0.4) is 0 Å². The third-order valence-corrected chi connectivity index (χ3v) is 4.25. The molecule has 17 heavy (non-hydrogen) atoms. The number of aryl methyl sites for hydroxylation is 1. The smallest absolute Gasteiger partial charge is 0.0640 e. The Morgan fingerprint density at radius 1 is 1.47 bits per heavy atom. The second-order valence-corrected chi connectivity index (χ2v) is 5.50. The van der Waals surface area contributed by atoms with Crippen molar-refractivity contribution < 1.29 is 0 Å². The van der Waals surface area contributed by atoms with E-state index in [1.165, 1.54) is 25.7 Å². The summed E-state index contributed by atoms with van der Waals surface area (Å²) >= 11 is 0. The van der Waals surface area contributed by atoms with Gasteiger partial charge in [0, 0.05) is 31.2 Å². The van der Waals surface area contributed by atoms with E-state index in [-0.39, 0.29) is 11.6 Å². The van der Waals surface area contributed by atoms with Crippen molar-refractivity contribution in [2.75, 3.05) is 14.1 Å². The predicted octanol–water partition coefficient (Wildman–Crippen LogP) is 1.16. The average molecular weight is 236 g/mol. The van der Waals surface area contributed by atoms with Crippen LogP contribution in [0.15, 0.2) is 12.3 Å². The molecule has 0 radical (unpaired) electrons. The van der Waals surface area contributed by atoms with Gasteiger partial charge in [-0.1, -0.05) is 12.8 Å². The van der Waals surface area contributed by atoms with Crippen molar-refractivity contribution in [2.24, 2.45) is 12.8 Å². The first kappa shape index (κ1) is 12.6. The summed E-state index contributed by atoms with van der Waals surface area (Å²) < 4.78 is 1.85. The molecule has 0 aromatic carbocycles. The van der Waals surface area contributed by atoms with Gasteiger partial charge in [-0.05, 0) is 33.0 Å². The van der Waals surface area contributed by atoms with Crippen LogP contribution in [0.4, 0.5) is 0 Å². The van der Waals surface area contributed by atoms with Crippen LogP contribution < -0.4 is 5.73 Å². The van der Waals surface area contributed by atoms with Gasteiger partial charge in [-0.25, -0.2) is 0 Å². The summed E-state index contributed by atoms with van der Waals surface area (Å²) in [4.78, 5) is 2.33. The molecule has 1 aliphatic carbocycles. The van der Waals surface area contributed by atoms with Gasteiger partial charge >= 0.3 is 0 Å². The molecule has 2 N–H and O–H groups in total. The average Bonchev–Trinajstić information content (AvgIpc) is 2.87. The first-order chi connectivity index (χ1) is 8.04. The third kappa shape index (κ3) is 2.38. The lowest BCUT2D eigenvalue weighted by atomic mass is 9.85. The van der Waals surface area contributed by atoms with Crippen molar-refractivity contribution in [1.82, 2.24) is 14.7 Å². The first-order valence-corrected chi connectivity index (χ1v) is 6.46. The van der Waals surface area contributed by atoms with Crippen LogP contribution in [0.1, 0.15) is 31.4 Å². The van der Waals surface area contributed by atoms with Gasteiger partial charge in [0.2, 0.25) is 0 Å². The minimum Gasteiger partial charge on any atom is -0.326 e. The summed E-state index contributed by atoms with van der Waals surface area (Å²) in [6, 6.07) is 2.24. The Morgan fingerprint density at radius 3 is 2.59 bits per heavy atom. The topological polar surface area (TPSA) is 47.1 Å². The fourth-order valence-electron chi connectivity index (χ4n) is 3.12. The molecule has 1 atom stereocenters. The van der Waals surface area contributed by atoms with Gasteiger partial charge in [0.1, 0.15) is 0 Å². The number of aromatic nitrogens is 2. The molecule has 0 bridgehead atoms. The number of nitrogens with zero attached hydrogens (tertiary/aromatic N) is 3. The minimum atomic E-state index is 0.176. The summed E-state index contributed by atoms with van der Waals surface area (Å²) in [7, 11) is 6.26. The van der Waals surface area contributed by atoms with Crippen LogP contribution in [0.25, 0.3) is 0 Å². The van der Waals surface area contributed by atoms with E-state index in [0.29, 0.717) is 0 Å². The van der Waals surface area contributed by atoms with E-state index in [2.05, 4.69) is 30.2 Å². The maximum Gasteiger partial charge on any atom is 0.0640 e. The Hall–Kier alpha value is -0.870. The summed E-state index contributed by atoms with van der Waals surface area (Å²) in [6.45, 7) is 0. The zero-order valence-electron chi connectivity index (χ0n) is 11.2. The van der Waals surface area contributed by atoms with Crippen molar-refractivity contribution in [3.8, 4) is 0 Å². The highest BCUT2D eigenvalue weighted by Crippen LogP contribution is 2.36. The highest BCUT2D eigenvalue weighted by molar-refractivity contribution is 5.08. The SMILES string of the molecule is CN(C)C1(C(N)Cc2ccn(C)n2)CCCC1. The molecule has 1 aromatic heterocycles. The van der Waals surface area contributed by atoms with E-state index in [0.717, 1.165) is 12.1 Å². The standard InChI is InChI=1S/C13H24N4/c1-16(2)13(7-4-5-8-13)12(14)10-11-6-9-17(3)15-11/h6,9,12H,4-5,7-8,10,14H2,1-3H3. The van der Waals surface area contributed by atoms with Crippen molar-refractivity contribution in [2.45, 2.75) is 43.7 Å². The quantitative estimate of drug-likeness (QED) is 0.853. The monoisotopic (exact) mass is 236 g/mol. The van der Waals surface area contributed by atoms with E-state index in [1.807, 2.05) is 17.9 Å². The Bertz CT molecular complexity index is 363. The molecule has 0 saturated heterocycles. The number of likely N-dealkylation sites (N-methyl/N-ethyl adjacent to an activating group) is 1. The van der Waals surface area contributed by atoms with Crippen molar-refractivity contribution >= 4 is 0 Å². The van der Waals surface area contributed by atoms with Gasteiger partial charge < -0.3 is 10.6 Å². The van der Waals surface area contributed by atoms with Gasteiger partial charge in [-0.15, -0.1) is 0 Å². The Morgan fingerprint density at radius 2 is 2.12 bits per heavy atom. The zero-order valence-corrected chi connectivity index (χ0v) is 11.2. The lowest BCUT2D eigenvalue weighted by molar-refractivity contribution is 0.122. The lowest BCUT2D eigenvalue weighted by Gasteiger charge is -2.41. The van der Waals surface area contributed by atoms with Gasteiger partial charge in [-0.2, -0.15) is 5.10 Å². The summed E-state index contributed by atoms with van der Waals surface area (Å²) in [5.41, 5.74) is 7.75. The van der Waals surface area contributed by atoms with Gasteiger partial charge in [0.15, 0.2) is 0 Å². The molecule has 4 heteroatoms. The number of nitrogens with two attached hydrogens (primary N) is 1. The van der Waals surface area contributed by atoms with E-state index in [1.54, 1.807) is 0 Å². The highest BCUT2D eigenvalue weighted by Gasteiger charge is 2.41. The fraction of sp³-hybridized carbons (Fsp3) is 0.769. The van der Waals surface area contributed by atoms with Gasteiger partial charge in [0.05, 0.1) is 5.69 Å². The Balaban J connectivity index is 2.09. The largest absolute Gasteiger partial charge is 0.326 e. The summed E-state index contributed by atoms with van der Waals surface area (Å²) in [5, 5.41) is 4.43. The molecule has 1 fully saturated rings. The Kier molecular flexibility index (Phi) is 3.54. The highest BCUT2D eigenvalue weighted by atomic mass is 15.2. The second-order valence-electron chi connectivity index (χ2n) is 5.50. The molecule has 2 rings (SSSR count). The number of hydrogen-bond donors (Lipinski definition) is 1. The number of hydrogen-bond acceptors (Lipinski definition) is 3. The van der Waals surface area contributed by atoms with Crippen LogP contribution in [0.5, 0.6) is 0 Å². The van der Waals surface area contributed by atoms with Crippen molar-refractivity contribution in [3.05, 3.63) is 18.0 Å². The van der Waals surface area contributed by atoms with Crippen molar-refractivity contribution in [1.29, 1.82) is 0 Å². The third-order valence-electron chi connectivity index (χ3n) is 4.25.